The molecule has 0 bridgehead atoms. The summed E-state index contributed by atoms with van der Waals surface area (Å²) in [7, 11) is 3.12. The molecule has 9 nitrogen and oxygen atoms in total. The second kappa shape index (κ2) is 11.9. The Morgan fingerprint density at radius 1 is 1.15 bits per heavy atom. The summed E-state index contributed by atoms with van der Waals surface area (Å²) in [5.74, 6) is 2.46. The molecule has 0 spiro atoms. The third-order valence-electron chi connectivity index (χ3n) is 7.36. The number of fused-ring (bicyclic) bond motifs is 1. The fraction of sp³-hybridized carbons (Fsp3) is 0.345. The second-order valence-electron chi connectivity index (χ2n) is 10.3. The Balaban J connectivity index is 0.000000237. The number of nitrogens with two attached hydrogens (primary N) is 1. The molecular formula is C29H32F2N7O2P. The molecule has 1 aromatic carbocycles. The van der Waals surface area contributed by atoms with E-state index in [2.05, 4.69) is 15.3 Å². The largest absolute Gasteiger partial charge is 0.382 e. The minimum absolute atomic E-state index is 0.0631. The van der Waals surface area contributed by atoms with Crippen molar-refractivity contribution in [2.24, 2.45) is 5.92 Å². The van der Waals surface area contributed by atoms with Gasteiger partial charge in [0, 0.05) is 67.3 Å². The molecule has 214 valence electrons. The van der Waals surface area contributed by atoms with Gasteiger partial charge in [-0.1, -0.05) is 33.5 Å². The lowest BCUT2D eigenvalue weighted by atomic mass is 9.97. The summed E-state index contributed by atoms with van der Waals surface area (Å²) in [6.07, 6.45) is 9.75. The summed E-state index contributed by atoms with van der Waals surface area (Å²) in [5.41, 5.74) is 6.31. The number of likely N-dealkylation sites (tertiary alicyclic amines) is 1. The van der Waals surface area contributed by atoms with Gasteiger partial charge in [0.25, 0.3) is 5.66 Å². The molecule has 1 saturated carbocycles. The highest BCUT2D eigenvalue weighted by Gasteiger charge is 2.36. The van der Waals surface area contributed by atoms with Crippen LogP contribution >= 0.6 is 9.24 Å². The van der Waals surface area contributed by atoms with Gasteiger partial charge in [0.05, 0.1) is 0 Å². The van der Waals surface area contributed by atoms with Crippen molar-refractivity contribution in [2.45, 2.75) is 37.3 Å². The lowest BCUT2D eigenvalue weighted by Crippen LogP contribution is -2.40. The van der Waals surface area contributed by atoms with Gasteiger partial charge in [-0.3, -0.25) is 14.0 Å². The molecular weight excluding hydrogens is 547 g/mol. The van der Waals surface area contributed by atoms with Crippen LogP contribution in [0, 0.1) is 5.92 Å². The van der Waals surface area contributed by atoms with E-state index in [-0.39, 0.29) is 17.4 Å². The molecule has 6 rings (SSSR count). The first kappa shape index (κ1) is 28.5. The number of nitrogens with zero attached hydrogens (tertiary/aromatic N) is 5. The number of hydrogen-bond donors (Lipinski definition) is 2. The van der Waals surface area contributed by atoms with Gasteiger partial charge in [-0.25, -0.2) is 15.0 Å². The standard InChI is InChI=1S/C22H23N5O2.C7H9F2N2P/c23-20-19-18(15-5-3-14(13-28)4-6-15)25-21(27(19)11-9-24-20)17-2-1-10-26(12-17)22(29)16-7-8-16;1-10-6-4-5(2-3-11-6)7(8,9)12/h3-6,9,11,13,16-17H,1-2,7-8,10,12H2,(H2,23,24);2-4H,12H2,1H3,(H,10,11). The third-order valence-corrected chi connectivity index (χ3v) is 7.69. The van der Waals surface area contributed by atoms with Crippen LogP contribution in [0.3, 0.4) is 0 Å². The number of carbonyl (C=O) groups is 2. The number of imidazole rings is 1. The number of aldehydes is 1. The van der Waals surface area contributed by atoms with E-state index in [1.54, 1.807) is 25.4 Å². The van der Waals surface area contributed by atoms with Gasteiger partial charge < -0.3 is 16.0 Å². The first-order valence-electron chi connectivity index (χ1n) is 13.5. The lowest BCUT2D eigenvalue weighted by Gasteiger charge is -2.32. The number of nitrogens with one attached hydrogen (secondary N) is 1. The summed E-state index contributed by atoms with van der Waals surface area (Å²) in [6, 6.07) is 9.91. The number of piperidine rings is 1. The molecule has 0 radical (unpaired) electrons. The fourth-order valence-electron chi connectivity index (χ4n) is 5.05. The maximum absolute atomic E-state index is 12.7. The van der Waals surface area contributed by atoms with E-state index >= 15 is 0 Å². The van der Waals surface area contributed by atoms with Crippen molar-refractivity contribution in [1.82, 2.24) is 24.3 Å². The van der Waals surface area contributed by atoms with Crippen molar-refractivity contribution >= 4 is 38.6 Å². The van der Waals surface area contributed by atoms with Crippen LogP contribution in [0.2, 0.25) is 0 Å². The maximum atomic E-state index is 12.7. The quantitative estimate of drug-likeness (QED) is 0.245. The number of amides is 1. The van der Waals surface area contributed by atoms with Crippen LogP contribution in [-0.4, -0.2) is 56.6 Å². The van der Waals surface area contributed by atoms with Crippen molar-refractivity contribution in [1.29, 1.82) is 0 Å². The number of hydrogen-bond acceptors (Lipinski definition) is 7. The number of halogens is 2. The van der Waals surface area contributed by atoms with Crippen molar-refractivity contribution in [3.63, 3.8) is 0 Å². The highest BCUT2D eigenvalue weighted by atomic mass is 31.0. The maximum Gasteiger partial charge on any atom is 0.284 e. The molecule has 3 N–H and O–H groups in total. The number of pyridine rings is 1. The molecule has 1 saturated heterocycles. The Kier molecular flexibility index (Phi) is 8.26. The fourth-order valence-corrected chi connectivity index (χ4v) is 5.23. The Labute approximate surface area is 238 Å². The van der Waals surface area contributed by atoms with E-state index < -0.39 is 5.66 Å². The lowest BCUT2D eigenvalue weighted by molar-refractivity contribution is -0.133. The zero-order chi connectivity index (χ0) is 29.1. The predicted molar refractivity (Wildman–Crippen MR) is 157 cm³/mol. The van der Waals surface area contributed by atoms with Crippen molar-refractivity contribution in [2.75, 3.05) is 31.2 Å². The minimum Gasteiger partial charge on any atom is -0.382 e. The highest BCUT2D eigenvalue weighted by molar-refractivity contribution is 7.17. The topological polar surface area (TPSA) is 119 Å². The normalized spacial score (nSPS) is 17.1. The molecule has 41 heavy (non-hydrogen) atoms. The number of aromatic nitrogens is 4. The van der Waals surface area contributed by atoms with Crippen LogP contribution in [-0.2, 0) is 10.5 Å². The minimum atomic E-state index is -2.88. The number of carbonyl (C=O) groups excluding carboxylic acids is 2. The molecule has 2 atom stereocenters. The Morgan fingerprint density at radius 3 is 2.56 bits per heavy atom. The molecule has 12 heteroatoms. The van der Waals surface area contributed by atoms with Crippen molar-refractivity contribution in [3.05, 3.63) is 71.9 Å². The van der Waals surface area contributed by atoms with Gasteiger partial charge in [-0.15, -0.1) is 0 Å². The molecule has 2 fully saturated rings. The highest BCUT2D eigenvalue weighted by Crippen LogP contribution is 2.37. The van der Waals surface area contributed by atoms with Crippen molar-refractivity contribution < 1.29 is 18.4 Å². The predicted octanol–water partition coefficient (Wildman–Crippen LogP) is 4.95. The third kappa shape index (κ3) is 6.35. The number of nitrogen functional groups attached to an aromatic ring is 1. The van der Waals surface area contributed by atoms with Crippen LogP contribution in [0.15, 0.2) is 55.0 Å². The van der Waals surface area contributed by atoms with Gasteiger partial charge in [-0.2, -0.15) is 8.78 Å². The van der Waals surface area contributed by atoms with Gasteiger partial charge in [0.2, 0.25) is 5.91 Å². The SMILES string of the molecule is CNc1cc(C(F)(F)P)ccn1.Nc1nccn2c(C3CCCN(C(=O)C4CC4)C3)nc(-c3ccc(C=O)cc3)c12. The molecule has 1 aliphatic heterocycles. The number of rotatable bonds is 6. The van der Waals surface area contributed by atoms with Gasteiger partial charge >= 0.3 is 0 Å². The summed E-state index contributed by atoms with van der Waals surface area (Å²) < 4.78 is 27.4. The van der Waals surface area contributed by atoms with Crippen LogP contribution in [0.5, 0.6) is 0 Å². The van der Waals surface area contributed by atoms with E-state index in [9.17, 15) is 18.4 Å². The van der Waals surface area contributed by atoms with Gasteiger partial charge in [0.1, 0.15) is 35.0 Å². The zero-order valence-electron chi connectivity index (χ0n) is 22.6. The molecule has 1 aliphatic carbocycles. The summed E-state index contributed by atoms with van der Waals surface area (Å²) >= 11 is 0. The summed E-state index contributed by atoms with van der Waals surface area (Å²) in [4.78, 5) is 38.6. The van der Waals surface area contributed by atoms with E-state index in [1.807, 2.05) is 27.6 Å². The monoisotopic (exact) mass is 579 g/mol. The van der Waals surface area contributed by atoms with Crippen LogP contribution in [0.1, 0.15) is 53.3 Å². The van der Waals surface area contributed by atoms with Crippen molar-refractivity contribution in [3.8, 4) is 11.3 Å². The number of anilines is 2. The van der Waals surface area contributed by atoms with Crippen LogP contribution < -0.4 is 11.1 Å². The smallest absolute Gasteiger partial charge is 0.284 e. The van der Waals surface area contributed by atoms with E-state index in [0.29, 0.717) is 29.7 Å². The zero-order valence-corrected chi connectivity index (χ0v) is 23.8. The Bertz CT molecular complexity index is 1550. The van der Waals surface area contributed by atoms with E-state index in [0.717, 1.165) is 61.1 Å². The second-order valence-corrected chi connectivity index (χ2v) is 11.0. The van der Waals surface area contributed by atoms with Gasteiger partial charge in [-0.05, 0) is 37.8 Å². The van der Waals surface area contributed by atoms with E-state index in [4.69, 9.17) is 10.7 Å². The Morgan fingerprint density at radius 2 is 1.90 bits per heavy atom. The van der Waals surface area contributed by atoms with Gasteiger partial charge in [0.15, 0.2) is 0 Å². The van der Waals surface area contributed by atoms with E-state index in [1.165, 1.54) is 27.6 Å². The average Bonchev–Trinajstić information content (AvgIpc) is 3.77. The molecule has 1 amide bonds. The summed E-state index contributed by atoms with van der Waals surface area (Å²) in [5, 5.41) is 2.69. The molecule has 4 aromatic rings. The molecule has 3 aromatic heterocycles. The molecule has 2 unspecified atom stereocenters. The molecule has 2 aliphatic rings. The van der Waals surface area contributed by atoms with Crippen LogP contribution in [0.25, 0.3) is 16.8 Å². The average molecular weight is 580 g/mol. The first-order chi connectivity index (χ1) is 19.7. The first-order valence-corrected chi connectivity index (χ1v) is 14.0. The van der Waals surface area contributed by atoms with Crippen LogP contribution in [0.4, 0.5) is 20.4 Å². The molecule has 4 heterocycles. The summed E-state index contributed by atoms with van der Waals surface area (Å²) in [6.45, 7) is 1.53. The Hall–Kier alpha value is -3.98. The number of alkyl halides is 2. The number of benzene rings is 1.